The maximum atomic E-state index is 12.8. The van der Waals surface area contributed by atoms with Crippen molar-refractivity contribution in [3.8, 4) is 0 Å². The second-order valence-electron chi connectivity index (χ2n) is 6.23. The van der Waals surface area contributed by atoms with Crippen molar-refractivity contribution in [3.05, 3.63) is 53.3 Å². The monoisotopic (exact) mass is 367 g/mol. The van der Waals surface area contributed by atoms with E-state index in [2.05, 4.69) is 5.10 Å². The van der Waals surface area contributed by atoms with Crippen molar-refractivity contribution in [3.63, 3.8) is 0 Å². The number of aryl methyl sites for hydroxylation is 1. The van der Waals surface area contributed by atoms with E-state index in [1.165, 1.54) is 12.3 Å². The quantitative estimate of drug-likeness (QED) is 0.835. The van der Waals surface area contributed by atoms with Gasteiger partial charge >= 0.3 is 6.18 Å². The van der Waals surface area contributed by atoms with E-state index in [-0.39, 0.29) is 12.0 Å². The first-order chi connectivity index (χ1) is 12.4. The Morgan fingerprint density at radius 2 is 2.19 bits per heavy atom. The summed E-state index contributed by atoms with van der Waals surface area (Å²) in [4.78, 5) is 14.2. The minimum atomic E-state index is -4.37. The van der Waals surface area contributed by atoms with Crippen LogP contribution in [0.3, 0.4) is 0 Å². The van der Waals surface area contributed by atoms with Crippen LogP contribution in [0.15, 0.2) is 36.7 Å². The van der Waals surface area contributed by atoms with Crippen molar-refractivity contribution < 1.29 is 22.7 Å². The van der Waals surface area contributed by atoms with E-state index in [1.54, 1.807) is 21.8 Å². The standard InChI is InChI=1S/C18H20F3N3O2/c1-2-24-11-14(10-22-24)17(25)23-6-7-26-16(12-23)9-13-4-3-5-15(8-13)18(19,20)21/h3-5,8,10-11,16H,2,6-7,9,12H2,1H3/t16-/m0/s1. The molecule has 2 heterocycles. The maximum Gasteiger partial charge on any atom is 0.416 e. The molecule has 1 aliphatic rings. The molecular formula is C18H20F3N3O2. The van der Waals surface area contributed by atoms with Gasteiger partial charge in [-0.3, -0.25) is 9.48 Å². The SMILES string of the molecule is CCn1cc(C(=O)N2CCO[C@@H](Cc3cccc(C(F)(F)F)c3)C2)cn1. The van der Waals surface area contributed by atoms with Gasteiger partial charge in [0, 0.05) is 32.3 Å². The molecule has 26 heavy (non-hydrogen) atoms. The number of aromatic nitrogens is 2. The summed E-state index contributed by atoms with van der Waals surface area (Å²) < 4.78 is 45.9. The molecule has 1 aliphatic heterocycles. The van der Waals surface area contributed by atoms with E-state index < -0.39 is 11.7 Å². The zero-order valence-electron chi connectivity index (χ0n) is 14.4. The molecule has 0 saturated carbocycles. The van der Waals surface area contributed by atoms with Crippen LogP contribution in [0.4, 0.5) is 13.2 Å². The van der Waals surface area contributed by atoms with Gasteiger partial charge in [-0.2, -0.15) is 18.3 Å². The van der Waals surface area contributed by atoms with Gasteiger partial charge in [-0.05, 0) is 18.6 Å². The summed E-state index contributed by atoms with van der Waals surface area (Å²) in [6, 6.07) is 5.22. The van der Waals surface area contributed by atoms with E-state index in [4.69, 9.17) is 4.74 Å². The number of alkyl halides is 3. The lowest BCUT2D eigenvalue weighted by atomic mass is 10.0. The van der Waals surface area contributed by atoms with Crippen LogP contribution in [0.1, 0.15) is 28.4 Å². The molecule has 1 fully saturated rings. The molecular weight excluding hydrogens is 347 g/mol. The molecule has 8 heteroatoms. The highest BCUT2D eigenvalue weighted by molar-refractivity contribution is 5.93. The third kappa shape index (κ3) is 4.24. The number of ether oxygens (including phenoxy) is 1. The number of carbonyl (C=O) groups is 1. The van der Waals surface area contributed by atoms with Gasteiger partial charge < -0.3 is 9.64 Å². The van der Waals surface area contributed by atoms with Crippen molar-refractivity contribution in [2.45, 2.75) is 32.2 Å². The predicted octanol–water partition coefficient (Wildman–Crippen LogP) is 3.01. The van der Waals surface area contributed by atoms with Crippen LogP contribution in [-0.4, -0.2) is 46.4 Å². The average Bonchev–Trinajstić information content (AvgIpc) is 3.10. The molecule has 140 valence electrons. The average molecular weight is 367 g/mol. The van der Waals surface area contributed by atoms with Gasteiger partial charge in [0.05, 0.1) is 30.0 Å². The molecule has 0 unspecified atom stereocenters. The Labute approximate surface area is 149 Å². The summed E-state index contributed by atoms with van der Waals surface area (Å²) in [6.07, 6.45) is -1.16. The Kier molecular flexibility index (Phi) is 5.31. The van der Waals surface area contributed by atoms with Crippen molar-refractivity contribution in [1.82, 2.24) is 14.7 Å². The number of hydrogen-bond acceptors (Lipinski definition) is 3. The van der Waals surface area contributed by atoms with Crippen LogP contribution >= 0.6 is 0 Å². The second kappa shape index (κ2) is 7.49. The Bertz CT molecular complexity index is 773. The molecule has 1 atom stereocenters. The maximum absolute atomic E-state index is 12.8. The minimum Gasteiger partial charge on any atom is -0.374 e. The van der Waals surface area contributed by atoms with Gasteiger partial charge in [0.1, 0.15) is 0 Å². The van der Waals surface area contributed by atoms with Gasteiger partial charge in [0.2, 0.25) is 0 Å². The molecule has 1 aromatic carbocycles. The molecule has 5 nitrogen and oxygen atoms in total. The molecule has 2 aromatic rings. The van der Waals surface area contributed by atoms with Crippen LogP contribution in [0.5, 0.6) is 0 Å². The number of benzene rings is 1. The van der Waals surface area contributed by atoms with Crippen molar-refractivity contribution in [2.75, 3.05) is 19.7 Å². The highest BCUT2D eigenvalue weighted by Gasteiger charge is 2.31. The highest BCUT2D eigenvalue weighted by Crippen LogP contribution is 2.30. The number of morpholine rings is 1. The number of hydrogen-bond donors (Lipinski definition) is 0. The van der Waals surface area contributed by atoms with Crippen LogP contribution in [0, 0.1) is 0 Å². The first-order valence-corrected chi connectivity index (χ1v) is 8.46. The van der Waals surface area contributed by atoms with Crippen LogP contribution in [0.25, 0.3) is 0 Å². The predicted molar refractivity (Wildman–Crippen MR) is 88.7 cm³/mol. The Balaban J connectivity index is 1.66. The van der Waals surface area contributed by atoms with Crippen molar-refractivity contribution >= 4 is 5.91 Å². The molecule has 0 bridgehead atoms. The van der Waals surface area contributed by atoms with Gasteiger partial charge in [0.25, 0.3) is 5.91 Å². The summed E-state index contributed by atoms with van der Waals surface area (Å²) >= 11 is 0. The fraction of sp³-hybridized carbons (Fsp3) is 0.444. The smallest absolute Gasteiger partial charge is 0.374 e. The third-order valence-corrected chi connectivity index (χ3v) is 4.35. The highest BCUT2D eigenvalue weighted by atomic mass is 19.4. The largest absolute Gasteiger partial charge is 0.416 e. The zero-order chi connectivity index (χ0) is 18.7. The van der Waals surface area contributed by atoms with Gasteiger partial charge in [0.15, 0.2) is 0 Å². The van der Waals surface area contributed by atoms with Crippen molar-refractivity contribution in [1.29, 1.82) is 0 Å². The Hall–Kier alpha value is -2.35. The normalized spacial score (nSPS) is 18.2. The summed E-state index contributed by atoms with van der Waals surface area (Å²) in [5, 5.41) is 4.10. The number of carbonyl (C=O) groups excluding carboxylic acids is 1. The lowest BCUT2D eigenvalue weighted by molar-refractivity contribution is -0.137. The van der Waals surface area contributed by atoms with Crippen LogP contribution in [0.2, 0.25) is 0 Å². The Morgan fingerprint density at radius 3 is 2.88 bits per heavy atom. The van der Waals surface area contributed by atoms with E-state index >= 15 is 0 Å². The Morgan fingerprint density at radius 1 is 1.38 bits per heavy atom. The van der Waals surface area contributed by atoms with E-state index in [0.29, 0.717) is 43.8 Å². The van der Waals surface area contributed by atoms with E-state index in [0.717, 1.165) is 12.1 Å². The fourth-order valence-corrected chi connectivity index (χ4v) is 2.99. The number of halogens is 3. The molecule has 0 radical (unpaired) electrons. The van der Waals surface area contributed by atoms with Gasteiger partial charge in [-0.15, -0.1) is 0 Å². The first kappa shape index (κ1) is 18.4. The zero-order valence-corrected chi connectivity index (χ0v) is 14.4. The molecule has 0 N–H and O–H groups in total. The first-order valence-electron chi connectivity index (χ1n) is 8.46. The van der Waals surface area contributed by atoms with Gasteiger partial charge in [-0.25, -0.2) is 0 Å². The second-order valence-corrected chi connectivity index (χ2v) is 6.23. The summed E-state index contributed by atoms with van der Waals surface area (Å²) in [5.41, 5.74) is 0.371. The molecule has 1 saturated heterocycles. The van der Waals surface area contributed by atoms with Crippen LogP contribution < -0.4 is 0 Å². The lowest BCUT2D eigenvalue weighted by Gasteiger charge is -2.33. The fourth-order valence-electron chi connectivity index (χ4n) is 2.99. The number of nitrogens with zero attached hydrogens (tertiary/aromatic N) is 3. The molecule has 1 amide bonds. The summed E-state index contributed by atoms with van der Waals surface area (Å²) in [6.45, 7) is 3.76. The summed E-state index contributed by atoms with van der Waals surface area (Å²) in [7, 11) is 0. The summed E-state index contributed by atoms with van der Waals surface area (Å²) in [5.74, 6) is -0.137. The van der Waals surface area contributed by atoms with E-state index in [1.807, 2.05) is 6.92 Å². The van der Waals surface area contributed by atoms with Crippen molar-refractivity contribution in [2.24, 2.45) is 0 Å². The molecule has 0 spiro atoms. The molecule has 3 rings (SSSR count). The third-order valence-electron chi connectivity index (χ3n) is 4.35. The topological polar surface area (TPSA) is 47.4 Å². The number of amides is 1. The van der Waals surface area contributed by atoms with Gasteiger partial charge in [-0.1, -0.05) is 18.2 Å². The molecule has 0 aliphatic carbocycles. The minimum absolute atomic E-state index is 0.137. The number of rotatable bonds is 4. The van der Waals surface area contributed by atoms with E-state index in [9.17, 15) is 18.0 Å². The molecule has 1 aromatic heterocycles. The lowest BCUT2D eigenvalue weighted by Crippen LogP contribution is -2.46. The van der Waals surface area contributed by atoms with Crippen LogP contribution in [-0.2, 0) is 23.9 Å².